The second-order valence-corrected chi connectivity index (χ2v) is 6.52. The van der Waals surface area contributed by atoms with Gasteiger partial charge in [-0.1, -0.05) is 6.07 Å². The van der Waals surface area contributed by atoms with Gasteiger partial charge in [0.05, 0.1) is 4.90 Å². The van der Waals surface area contributed by atoms with Gasteiger partial charge in [0.2, 0.25) is 10.0 Å². The van der Waals surface area contributed by atoms with Gasteiger partial charge in [-0.2, -0.15) is 0 Å². The van der Waals surface area contributed by atoms with E-state index in [2.05, 4.69) is 9.71 Å². The molecule has 114 valence electrons. The molecule has 0 bridgehead atoms. The van der Waals surface area contributed by atoms with Crippen molar-refractivity contribution in [3.8, 4) is 0 Å². The van der Waals surface area contributed by atoms with Gasteiger partial charge in [0.1, 0.15) is 11.3 Å². The number of nitrogens with zero attached hydrogens (tertiary/aromatic N) is 1. The number of sulfonamides is 1. The van der Waals surface area contributed by atoms with E-state index in [9.17, 15) is 12.8 Å². The molecular formula is C15H13FN2O3S. The number of halogens is 1. The van der Waals surface area contributed by atoms with Crippen LogP contribution in [-0.4, -0.2) is 19.9 Å². The molecule has 2 aromatic carbocycles. The normalized spacial score (nSPS) is 11.9. The summed E-state index contributed by atoms with van der Waals surface area (Å²) in [6.07, 6.45) is 1.88. The van der Waals surface area contributed by atoms with Gasteiger partial charge in [-0.15, -0.1) is 0 Å². The Morgan fingerprint density at radius 3 is 2.68 bits per heavy atom. The summed E-state index contributed by atoms with van der Waals surface area (Å²) in [5.41, 5.74) is 2.37. The Bertz CT molecular complexity index is 889. The topological polar surface area (TPSA) is 72.2 Å². The monoisotopic (exact) mass is 320 g/mol. The molecule has 0 unspecified atom stereocenters. The average Bonchev–Trinajstić information content (AvgIpc) is 2.95. The van der Waals surface area contributed by atoms with Crippen LogP contribution >= 0.6 is 0 Å². The molecule has 0 radical (unpaired) electrons. The van der Waals surface area contributed by atoms with Crippen LogP contribution in [-0.2, 0) is 16.4 Å². The van der Waals surface area contributed by atoms with Gasteiger partial charge >= 0.3 is 0 Å². The summed E-state index contributed by atoms with van der Waals surface area (Å²) >= 11 is 0. The lowest BCUT2D eigenvalue weighted by Crippen LogP contribution is -2.26. The maximum Gasteiger partial charge on any atom is 0.240 e. The smallest absolute Gasteiger partial charge is 0.240 e. The number of nitrogens with one attached hydrogen (secondary N) is 1. The minimum atomic E-state index is -3.63. The molecule has 0 amide bonds. The molecular weight excluding hydrogens is 307 g/mol. The van der Waals surface area contributed by atoms with E-state index < -0.39 is 15.8 Å². The van der Waals surface area contributed by atoms with Crippen LogP contribution in [0.5, 0.6) is 0 Å². The molecule has 3 rings (SSSR count). The van der Waals surface area contributed by atoms with Gasteiger partial charge < -0.3 is 4.42 Å². The molecule has 0 aliphatic heterocycles. The minimum absolute atomic E-state index is 0.0425. The summed E-state index contributed by atoms with van der Waals surface area (Å²) in [4.78, 5) is 4.09. The molecule has 1 aromatic heterocycles. The molecule has 0 fully saturated rings. The van der Waals surface area contributed by atoms with Crippen molar-refractivity contribution in [2.45, 2.75) is 11.3 Å². The maximum absolute atomic E-state index is 12.8. The molecule has 0 saturated heterocycles. The summed E-state index contributed by atoms with van der Waals surface area (Å²) in [7, 11) is -3.63. The highest BCUT2D eigenvalue weighted by molar-refractivity contribution is 7.89. The SMILES string of the molecule is O=S(=O)(NCCc1ccc2ocnc2c1)c1ccc(F)cc1. The first-order chi connectivity index (χ1) is 10.5. The Morgan fingerprint density at radius 2 is 1.91 bits per heavy atom. The summed E-state index contributed by atoms with van der Waals surface area (Å²) in [5.74, 6) is -0.472. The van der Waals surface area contributed by atoms with E-state index in [0.717, 1.165) is 23.2 Å². The second-order valence-electron chi connectivity index (χ2n) is 4.76. The molecule has 0 aliphatic carbocycles. The Kier molecular flexibility index (Phi) is 3.91. The lowest BCUT2D eigenvalue weighted by Gasteiger charge is -2.06. The Morgan fingerprint density at radius 1 is 1.14 bits per heavy atom. The van der Waals surface area contributed by atoms with E-state index in [1.54, 1.807) is 6.07 Å². The summed E-state index contributed by atoms with van der Waals surface area (Å²) in [6, 6.07) is 10.2. The third kappa shape index (κ3) is 3.15. The zero-order valence-corrected chi connectivity index (χ0v) is 12.3. The molecule has 22 heavy (non-hydrogen) atoms. The van der Waals surface area contributed by atoms with Gasteiger partial charge in [0.25, 0.3) is 0 Å². The first kappa shape index (κ1) is 14.7. The minimum Gasteiger partial charge on any atom is -0.443 e. The maximum atomic E-state index is 12.8. The fourth-order valence-corrected chi connectivity index (χ4v) is 3.12. The molecule has 1 heterocycles. The second kappa shape index (κ2) is 5.86. The molecule has 3 aromatic rings. The molecule has 0 spiro atoms. The average molecular weight is 320 g/mol. The number of aromatic nitrogens is 1. The number of fused-ring (bicyclic) bond motifs is 1. The van der Waals surface area contributed by atoms with E-state index in [1.807, 2.05) is 12.1 Å². The number of rotatable bonds is 5. The standard InChI is InChI=1S/C15H13FN2O3S/c16-12-2-4-13(5-3-12)22(19,20)18-8-7-11-1-6-15-14(9-11)17-10-21-15/h1-6,9-10,18H,7-8H2. The third-order valence-corrected chi connectivity index (χ3v) is 4.70. The summed E-state index contributed by atoms with van der Waals surface area (Å²) < 4.78 is 44.5. The van der Waals surface area contributed by atoms with Crippen molar-refractivity contribution in [1.82, 2.24) is 9.71 Å². The van der Waals surface area contributed by atoms with Crippen LogP contribution in [0.1, 0.15) is 5.56 Å². The number of hydrogen-bond donors (Lipinski definition) is 1. The highest BCUT2D eigenvalue weighted by Crippen LogP contribution is 2.15. The molecule has 0 atom stereocenters. The quantitative estimate of drug-likeness (QED) is 0.784. The molecule has 1 N–H and O–H groups in total. The molecule has 7 heteroatoms. The Labute approximate surface area is 126 Å². The predicted molar refractivity (Wildman–Crippen MR) is 79.3 cm³/mol. The molecule has 5 nitrogen and oxygen atoms in total. The van der Waals surface area contributed by atoms with Crippen molar-refractivity contribution in [3.63, 3.8) is 0 Å². The largest absolute Gasteiger partial charge is 0.443 e. The third-order valence-electron chi connectivity index (χ3n) is 3.22. The van der Waals surface area contributed by atoms with Gasteiger partial charge in [-0.25, -0.2) is 22.5 Å². The van der Waals surface area contributed by atoms with Crippen LogP contribution in [0.4, 0.5) is 4.39 Å². The Balaban J connectivity index is 1.65. The van der Waals surface area contributed by atoms with E-state index in [1.165, 1.54) is 18.5 Å². The van der Waals surface area contributed by atoms with Crippen molar-refractivity contribution in [1.29, 1.82) is 0 Å². The predicted octanol–water partition coefficient (Wildman–Crippen LogP) is 2.49. The van der Waals surface area contributed by atoms with Crippen LogP contribution in [0.2, 0.25) is 0 Å². The van der Waals surface area contributed by atoms with Crippen LogP contribution in [0.3, 0.4) is 0 Å². The molecule has 0 saturated carbocycles. The van der Waals surface area contributed by atoms with Crippen molar-refractivity contribution < 1.29 is 17.2 Å². The van der Waals surface area contributed by atoms with Crippen LogP contribution in [0.25, 0.3) is 11.1 Å². The number of hydrogen-bond acceptors (Lipinski definition) is 4. The zero-order chi connectivity index (χ0) is 15.6. The highest BCUT2D eigenvalue weighted by atomic mass is 32.2. The van der Waals surface area contributed by atoms with Crippen LogP contribution < -0.4 is 4.72 Å². The lowest BCUT2D eigenvalue weighted by atomic mass is 10.1. The van der Waals surface area contributed by atoms with E-state index >= 15 is 0 Å². The van der Waals surface area contributed by atoms with Gasteiger partial charge in [0.15, 0.2) is 12.0 Å². The van der Waals surface area contributed by atoms with E-state index in [4.69, 9.17) is 4.42 Å². The fourth-order valence-electron chi connectivity index (χ4n) is 2.09. The van der Waals surface area contributed by atoms with E-state index in [-0.39, 0.29) is 11.4 Å². The first-order valence-electron chi connectivity index (χ1n) is 6.62. The Hall–Kier alpha value is -2.25. The molecule has 0 aliphatic rings. The van der Waals surface area contributed by atoms with Crippen molar-refractivity contribution in [2.75, 3.05) is 6.54 Å². The summed E-state index contributed by atoms with van der Waals surface area (Å²) in [6.45, 7) is 0.239. The van der Waals surface area contributed by atoms with Crippen molar-refractivity contribution in [2.24, 2.45) is 0 Å². The van der Waals surface area contributed by atoms with Crippen molar-refractivity contribution >= 4 is 21.1 Å². The fraction of sp³-hybridized carbons (Fsp3) is 0.133. The summed E-state index contributed by atoms with van der Waals surface area (Å²) in [5, 5.41) is 0. The zero-order valence-electron chi connectivity index (χ0n) is 11.5. The number of oxazole rings is 1. The van der Waals surface area contributed by atoms with Crippen LogP contribution in [0.15, 0.2) is 58.2 Å². The first-order valence-corrected chi connectivity index (χ1v) is 8.10. The van der Waals surface area contributed by atoms with Gasteiger partial charge in [0, 0.05) is 6.54 Å². The lowest BCUT2D eigenvalue weighted by molar-refractivity contribution is 0.580. The number of benzene rings is 2. The van der Waals surface area contributed by atoms with Gasteiger partial charge in [-0.3, -0.25) is 0 Å². The van der Waals surface area contributed by atoms with E-state index in [0.29, 0.717) is 12.0 Å². The van der Waals surface area contributed by atoms with Crippen molar-refractivity contribution in [3.05, 3.63) is 60.2 Å². The van der Waals surface area contributed by atoms with Gasteiger partial charge in [-0.05, 0) is 48.4 Å². The highest BCUT2D eigenvalue weighted by Gasteiger charge is 2.13. The van der Waals surface area contributed by atoms with Crippen LogP contribution in [0, 0.1) is 5.82 Å².